The van der Waals surface area contributed by atoms with Crippen LogP contribution in [0.25, 0.3) is 0 Å². The van der Waals surface area contributed by atoms with E-state index in [0.29, 0.717) is 0 Å². The summed E-state index contributed by atoms with van der Waals surface area (Å²) in [4.78, 5) is 40.6. The van der Waals surface area contributed by atoms with Crippen LogP contribution in [0.4, 0.5) is 0 Å². The lowest BCUT2D eigenvalue weighted by Gasteiger charge is -2.25. The first kappa shape index (κ1) is 42.9. The van der Waals surface area contributed by atoms with E-state index in [1.54, 1.807) is 55.4 Å². The summed E-state index contributed by atoms with van der Waals surface area (Å²) in [5.74, 6) is -1.23. The second-order valence-electron chi connectivity index (χ2n) is 13.4. The molecule has 0 aliphatic carbocycles. The summed E-state index contributed by atoms with van der Waals surface area (Å²) >= 11 is 0. The summed E-state index contributed by atoms with van der Waals surface area (Å²) in [7, 11) is -8.98. The molecule has 46 heavy (non-hydrogen) atoms. The van der Waals surface area contributed by atoms with Gasteiger partial charge in [-0.25, -0.2) is 18.2 Å². The zero-order chi connectivity index (χ0) is 36.1. The van der Waals surface area contributed by atoms with Crippen LogP contribution in [0.5, 0.6) is 0 Å². The van der Waals surface area contributed by atoms with E-state index in [1.165, 1.54) is 13.8 Å². The zero-order valence-electron chi connectivity index (χ0n) is 27.8. The van der Waals surface area contributed by atoms with Crippen LogP contribution in [-0.2, 0) is 55.8 Å². The highest BCUT2D eigenvalue weighted by Crippen LogP contribution is 2.50. The molecule has 0 spiro atoms. The van der Waals surface area contributed by atoms with Crippen molar-refractivity contribution in [3.63, 3.8) is 0 Å². The minimum atomic E-state index is -4.58. The molecule has 2 fully saturated rings. The van der Waals surface area contributed by atoms with Gasteiger partial charge in [-0.2, -0.15) is 0 Å². The molecular weight excluding hydrogens is 662 g/mol. The van der Waals surface area contributed by atoms with Gasteiger partial charge in [0.05, 0.1) is 36.3 Å². The lowest BCUT2D eigenvalue weighted by molar-refractivity contribution is -0.163. The fourth-order valence-corrected chi connectivity index (χ4v) is 4.87. The first-order valence-electron chi connectivity index (χ1n) is 14.2. The van der Waals surface area contributed by atoms with Gasteiger partial charge in [-0.15, -0.1) is 0 Å². The van der Waals surface area contributed by atoms with E-state index < -0.39 is 113 Å². The lowest BCUT2D eigenvalue weighted by Crippen LogP contribution is -2.45. The Morgan fingerprint density at radius 3 is 1.28 bits per heavy atom. The molecule has 2 saturated heterocycles. The van der Waals surface area contributed by atoms with Crippen molar-refractivity contribution >= 4 is 27.6 Å². The van der Waals surface area contributed by atoms with Gasteiger partial charge in [0.15, 0.2) is 0 Å². The van der Waals surface area contributed by atoms with E-state index in [-0.39, 0.29) is 0 Å². The number of hydrogen-bond acceptors (Lipinski definition) is 16. The van der Waals surface area contributed by atoms with Gasteiger partial charge in [-0.3, -0.25) is 18.6 Å². The van der Waals surface area contributed by atoms with E-state index in [1.807, 2.05) is 0 Å². The number of carbonyl (C=O) groups is 2. The van der Waals surface area contributed by atoms with E-state index in [9.17, 15) is 39.1 Å². The quantitative estimate of drug-likeness (QED) is 0.0941. The van der Waals surface area contributed by atoms with Crippen LogP contribution >= 0.6 is 15.6 Å². The Morgan fingerprint density at radius 1 is 0.696 bits per heavy atom. The monoisotopic (exact) mass is 712 g/mol. The molecule has 2 aliphatic rings. The highest BCUT2D eigenvalue weighted by atomic mass is 31.2. The second-order valence-corrected chi connectivity index (χ2v) is 16.3. The maximum atomic E-state index is 12.9. The Bertz CT molecular complexity index is 1070. The van der Waals surface area contributed by atoms with E-state index in [4.69, 9.17) is 42.3 Å². The molecule has 8 atom stereocenters. The predicted molar refractivity (Wildman–Crippen MR) is 156 cm³/mol. The van der Waals surface area contributed by atoms with Gasteiger partial charge in [0.25, 0.3) is 0 Å². The number of esters is 2. The maximum Gasteiger partial charge on any atom is 0.480 e. The SMILES string of the molecule is CC1O[C@H](COP(=O)(O)O)[C@@H](O)[C@@]1(C)O.CC1O[C@H](COP(=O)(OCOC(=O)C(C)(C)C)OCOC(=O)C(C)(C)C)[C@@H](O)[C@@]1(C)O. The lowest BCUT2D eigenvalue weighted by atomic mass is 9.94. The van der Waals surface area contributed by atoms with Crippen LogP contribution in [0.15, 0.2) is 0 Å². The van der Waals surface area contributed by atoms with Crippen molar-refractivity contribution in [2.45, 2.75) is 117 Å². The molecule has 0 aromatic rings. The van der Waals surface area contributed by atoms with Crippen molar-refractivity contribution in [1.29, 1.82) is 0 Å². The van der Waals surface area contributed by atoms with Crippen LogP contribution in [-0.4, -0.2) is 117 Å². The molecule has 18 nitrogen and oxygen atoms in total. The third-order valence-corrected chi connectivity index (χ3v) is 8.93. The molecule has 0 saturated carbocycles. The molecule has 2 aliphatic heterocycles. The number of aliphatic hydroxyl groups excluding tert-OH is 2. The van der Waals surface area contributed by atoms with Gasteiger partial charge in [-0.05, 0) is 69.2 Å². The smallest absolute Gasteiger partial charge is 0.437 e. The molecule has 0 aromatic carbocycles. The number of rotatable bonds is 12. The van der Waals surface area contributed by atoms with Gasteiger partial charge in [0.2, 0.25) is 13.6 Å². The average molecular weight is 713 g/mol. The fraction of sp³-hybridized carbons (Fsp3) is 0.923. The highest BCUT2D eigenvalue weighted by Gasteiger charge is 2.51. The van der Waals surface area contributed by atoms with Crippen molar-refractivity contribution in [2.24, 2.45) is 10.8 Å². The molecule has 2 rings (SSSR count). The van der Waals surface area contributed by atoms with Crippen molar-refractivity contribution in [3.05, 3.63) is 0 Å². The molecule has 0 aromatic heterocycles. The normalized spacial score (nSPS) is 32.1. The topological polar surface area (TPSA) is 263 Å². The Hall–Kier alpha value is -1.08. The largest absolute Gasteiger partial charge is 0.480 e. The van der Waals surface area contributed by atoms with Gasteiger partial charge >= 0.3 is 27.6 Å². The van der Waals surface area contributed by atoms with Crippen LogP contribution in [0, 0.1) is 10.8 Å². The average Bonchev–Trinajstić information content (AvgIpc) is 3.21. The minimum Gasteiger partial charge on any atom is -0.437 e. The Labute approximate surface area is 268 Å². The number of phosphoric acid groups is 2. The van der Waals surface area contributed by atoms with E-state index in [0.717, 1.165) is 0 Å². The molecule has 20 heteroatoms. The fourth-order valence-electron chi connectivity index (χ4n) is 3.61. The van der Waals surface area contributed by atoms with E-state index >= 15 is 0 Å². The Kier molecular flexibility index (Phi) is 15.0. The van der Waals surface area contributed by atoms with Crippen LogP contribution < -0.4 is 0 Å². The zero-order valence-corrected chi connectivity index (χ0v) is 29.6. The standard InChI is InChI=1S/C19H35O11P.C7H15O7P/c1-12-19(8,23)14(20)13(30-12)9-27-31(24,28-10-25-15(21)17(2,3)4)29-11-26-16(22)18(5,6)7;1-4-7(2,9)6(8)5(14-4)3-13-15(10,11)12/h12-14,20,23H,9-11H2,1-8H3;4-6,8-9H,3H2,1-2H3,(H2,10,11,12)/t12?,13-,14-,19+;4?,5-,6-,7+/m11/s1. The minimum absolute atomic E-state index is 0.466. The van der Waals surface area contributed by atoms with Gasteiger partial charge in [-0.1, -0.05) is 0 Å². The third-order valence-electron chi connectivity index (χ3n) is 7.14. The molecule has 272 valence electrons. The van der Waals surface area contributed by atoms with Gasteiger partial charge < -0.3 is 49.2 Å². The second kappa shape index (κ2) is 16.1. The summed E-state index contributed by atoms with van der Waals surface area (Å²) in [5, 5.41) is 39.7. The molecule has 0 radical (unpaired) electrons. The molecule has 6 N–H and O–H groups in total. The third kappa shape index (κ3) is 12.7. The van der Waals surface area contributed by atoms with Crippen molar-refractivity contribution in [1.82, 2.24) is 0 Å². The number of hydrogen-bond donors (Lipinski definition) is 6. The predicted octanol–water partition coefficient (Wildman–Crippen LogP) is 1.13. The van der Waals surface area contributed by atoms with Crippen molar-refractivity contribution in [2.75, 3.05) is 26.8 Å². The molecule has 2 heterocycles. The first-order chi connectivity index (χ1) is 20.5. The van der Waals surface area contributed by atoms with Crippen LogP contribution in [0.3, 0.4) is 0 Å². The summed E-state index contributed by atoms with van der Waals surface area (Å²) < 4.78 is 63.1. The molecule has 2 unspecified atom stereocenters. The molecule has 0 bridgehead atoms. The maximum absolute atomic E-state index is 12.9. The van der Waals surface area contributed by atoms with Gasteiger partial charge in [0, 0.05) is 0 Å². The van der Waals surface area contributed by atoms with Crippen molar-refractivity contribution in [3.8, 4) is 0 Å². The first-order valence-corrected chi connectivity index (χ1v) is 17.2. The summed E-state index contributed by atoms with van der Waals surface area (Å²) in [5.41, 5.74) is -4.62. The Morgan fingerprint density at radius 2 is 1.02 bits per heavy atom. The Balaban J connectivity index is 0.000000587. The molecule has 0 amide bonds. The van der Waals surface area contributed by atoms with Gasteiger partial charge in [0.1, 0.15) is 35.6 Å². The molecular formula is C26H50O18P2. The number of carbonyl (C=O) groups excluding carboxylic acids is 2. The van der Waals surface area contributed by atoms with Crippen molar-refractivity contribution < 1.29 is 86.0 Å². The summed E-state index contributed by atoms with van der Waals surface area (Å²) in [6.07, 6.45) is -5.87. The highest BCUT2D eigenvalue weighted by molar-refractivity contribution is 7.48. The number of phosphoric ester groups is 2. The van der Waals surface area contributed by atoms with E-state index in [2.05, 4.69) is 4.52 Å². The number of ether oxygens (including phenoxy) is 4. The van der Waals surface area contributed by atoms with Crippen LogP contribution in [0.1, 0.15) is 69.2 Å². The van der Waals surface area contributed by atoms with Crippen LogP contribution in [0.2, 0.25) is 0 Å². The summed E-state index contributed by atoms with van der Waals surface area (Å²) in [6, 6.07) is 0. The number of aliphatic hydroxyl groups is 4. The summed E-state index contributed by atoms with van der Waals surface area (Å²) in [6.45, 7) is 13.2.